The minimum atomic E-state index is -0.632. The minimum Gasteiger partial charge on any atom is -0.392 e. The highest BCUT2D eigenvalue weighted by Gasteiger charge is 2.50. The lowest BCUT2D eigenvalue weighted by Gasteiger charge is -2.45. The van der Waals surface area contributed by atoms with Crippen LogP contribution in [0.4, 0.5) is 11.4 Å². The van der Waals surface area contributed by atoms with Crippen LogP contribution in [0.15, 0.2) is 109 Å². The van der Waals surface area contributed by atoms with Gasteiger partial charge in [0.2, 0.25) is 5.91 Å². The Morgan fingerprint density at radius 1 is 0.882 bits per heavy atom. The van der Waals surface area contributed by atoms with Crippen molar-refractivity contribution >= 4 is 34.2 Å². The van der Waals surface area contributed by atoms with Gasteiger partial charge in [-0.3, -0.25) is 14.6 Å². The second-order valence-corrected chi connectivity index (χ2v) is 13.4. The number of benzene rings is 4. The molecule has 3 aliphatic rings. The number of anilines is 2. The summed E-state index contributed by atoms with van der Waals surface area (Å²) >= 11 is 0. The molecule has 1 aromatic heterocycles. The van der Waals surface area contributed by atoms with E-state index in [1.807, 2.05) is 91.0 Å². The van der Waals surface area contributed by atoms with Gasteiger partial charge in [0.25, 0.3) is 5.91 Å². The molecule has 5 aromatic rings. The highest BCUT2D eigenvalue weighted by molar-refractivity contribution is 6.03. The van der Waals surface area contributed by atoms with Gasteiger partial charge in [-0.1, -0.05) is 66.7 Å². The molecule has 3 atom stereocenters. The number of ether oxygens (including phenoxy) is 2. The van der Waals surface area contributed by atoms with Gasteiger partial charge < -0.3 is 35.0 Å². The van der Waals surface area contributed by atoms with Crippen LogP contribution in [0, 0.1) is 0 Å². The van der Waals surface area contributed by atoms with E-state index in [1.165, 1.54) is 6.20 Å². The molecule has 0 radical (unpaired) electrons. The summed E-state index contributed by atoms with van der Waals surface area (Å²) in [4.78, 5) is 39.7. The first-order chi connectivity index (χ1) is 25.0. The Morgan fingerprint density at radius 3 is 2.33 bits per heavy atom. The van der Waals surface area contributed by atoms with Crippen LogP contribution in [0.25, 0.3) is 11.0 Å². The predicted molar refractivity (Wildman–Crippen MR) is 193 cm³/mol. The first kappa shape index (κ1) is 33.0. The maximum Gasteiger partial charge on any atom is 0.275 e. The molecule has 0 aliphatic carbocycles. The number of carbonyl (C=O) groups excluding carboxylic acids is 2. The van der Waals surface area contributed by atoms with Gasteiger partial charge in [-0.05, 0) is 60.4 Å². The first-order valence-corrected chi connectivity index (χ1v) is 17.4. The summed E-state index contributed by atoms with van der Waals surface area (Å²) in [6.45, 7) is 2.74. The lowest BCUT2D eigenvalue weighted by molar-refractivity contribution is -0.253. The van der Waals surface area contributed by atoms with Crippen LogP contribution in [0.1, 0.15) is 58.8 Å². The number of aromatic nitrogens is 2. The zero-order chi connectivity index (χ0) is 34.8. The standard InChI is InChI=1S/C40H40N6O5/c47-25-27-10-12-28(13-11-27)36-22-32(24-45-20-18-40(19-21-45)39(49)42-26-46(40)31-6-2-1-3-7-31)50-38(51-36)29-14-16-30(17-15-29)43-37(48)35-23-41-33-8-4-5-9-34(33)44-35/h1-17,23,32,36,38,47H,18-22,24-26H2,(H,42,49)(H,43,48). The fourth-order valence-electron chi connectivity index (χ4n) is 7.44. The summed E-state index contributed by atoms with van der Waals surface area (Å²) in [5.41, 5.74) is 5.44. The molecule has 1 spiro atoms. The maximum absolute atomic E-state index is 13.2. The van der Waals surface area contributed by atoms with Gasteiger partial charge in [-0.15, -0.1) is 0 Å². The number of nitrogens with zero attached hydrogens (tertiary/aromatic N) is 4. The van der Waals surface area contributed by atoms with Crippen LogP contribution in [0.2, 0.25) is 0 Å². The Labute approximate surface area is 296 Å². The number of likely N-dealkylation sites (tertiary alicyclic amines) is 1. The van der Waals surface area contributed by atoms with Crippen molar-refractivity contribution in [1.29, 1.82) is 0 Å². The maximum atomic E-state index is 13.2. The molecule has 3 N–H and O–H groups in total. The number of aliphatic hydroxyl groups is 1. The van der Waals surface area contributed by atoms with Crippen molar-refractivity contribution in [3.8, 4) is 0 Å². The molecule has 2 amide bonds. The van der Waals surface area contributed by atoms with Crippen molar-refractivity contribution in [1.82, 2.24) is 20.2 Å². The second-order valence-electron chi connectivity index (χ2n) is 13.4. The number of para-hydroxylation sites is 3. The minimum absolute atomic E-state index is 0.0212. The van der Waals surface area contributed by atoms with Crippen molar-refractivity contribution in [2.45, 2.75) is 49.9 Å². The highest BCUT2D eigenvalue weighted by Crippen LogP contribution is 2.40. The summed E-state index contributed by atoms with van der Waals surface area (Å²) in [6.07, 6.45) is 2.61. The average molecular weight is 685 g/mol. The number of hydrogen-bond donors (Lipinski definition) is 3. The number of piperidine rings is 1. The second kappa shape index (κ2) is 14.2. The molecule has 4 heterocycles. The van der Waals surface area contributed by atoms with E-state index < -0.39 is 11.8 Å². The van der Waals surface area contributed by atoms with E-state index in [4.69, 9.17) is 9.47 Å². The Hall–Kier alpha value is -5.20. The molecule has 260 valence electrons. The third kappa shape index (κ3) is 6.81. The van der Waals surface area contributed by atoms with Crippen LogP contribution < -0.4 is 15.5 Å². The first-order valence-electron chi connectivity index (χ1n) is 17.4. The van der Waals surface area contributed by atoms with Crippen LogP contribution in [0.5, 0.6) is 0 Å². The fraction of sp³-hybridized carbons (Fsp3) is 0.300. The third-order valence-electron chi connectivity index (χ3n) is 10.3. The van der Waals surface area contributed by atoms with Crippen LogP contribution in [-0.2, 0) is 20.9 Å². The number of hydrogen-bond acceptors (Lipinski definition) is 9. The van der Waals surface area contributed by atoms with Crippen molar-refractivity contribution in [3.05, 3.63) is 132 Å². The molecule has 8 rings (SSSR count). The molecule has 0 saturated carbocycles. The fourth-order valence-corrected chi connectivity index (χ4v) is 7.44. The number of amides is 2. The Bertz CT molecular complexity index is 2000. The van der Waals surface area contributed by atoms with E-state index in [0.717, 1.165) is 53.8 Å². The summed E-state index contributed by atoms with van der Waals surface area (Å²) in [5, 5.41) is 15.6. The van der Waals surface area contributed by atoms with E-state index >= 15 is 0 Å². The number of nitrogens with one attached hydrogen (secondary N) is 2. The Balaban J connectivity index is 0.962. The Kier molecular flexibility index (Phi) is 9.18. The predicted octanol–water partition coefficient (Wildman–Crippen LogP) is 5.35. The van der Waals surface area contributed by atoms with Crippen molar-refractivity contribution in [2.75, 3.05) is 36.5 Å². The van der Waals surface area contributed by atoms with Crippen LogP contribution in [0.3, 0.4) is 0 Å². The number of fused-ring (bicyclic) bond motifs is 1. The molecule has 51 heavy (non-hydrogen) atoms. The van der Waals surface area contributed by atoms with Gasteiger partial charge in [-0.2, -0.15) is 0 Å². The van der Waals surface area contributed by atoms with Crippen molar-refractivity contribution < 1.29 is 24.2 Å². The smallest absolute Gasteiger partial charge is 0.275 e. The monoisotopic (exact) mass is 684 g/mol. The normalized spacial score (nSPS) is 21.9. The van der Waals surface area contributed by atoms with Gasteiger partial charge in [0.05, 0.1) is 42.7 Å². The third-order valence-corrected chi connectivity index (χ3v) is 10.3. The van der Waals surface area contributed by atoms with Crippen LogP contribution >= 0.6 is 0 Å². The van der Waals surface area contributed by atoms with Crippen molar-refractivity contribution in [2.24, 2.45) is 0 Å². The Morgan fingerprint density at radius 2 is 1.59 bits per heavy atom. The average Bonchev–Trinajstić information content (AvgIpc) is 3.50. The summed E-state index contributed by atoms with van der Waals surface area (Å²) < 4.78 is 13.2. The molecule has 11 heteroatoms. The number of rotatable bonds is 8. The SMILES string of the molecule is O=C(Nc1ccc(C2OC(CN3CCC4(CC3)C(=O)NCN4c3ccccc3)CC(c3ccc(CO)cc3)O2)cc1)c1cnc2ccccc2n1. The van der Waals surface area contributed by atoms with E-state index in [2.05, 4.69) is 42.5 Å². The topological polar surface area (TPSA) is 129 Å². The summed E-state index contributed by atoms with van der Waals surface area (Å²) in [5.74, 6) is -0.243. The van der Waals surface area contributed by atoms with Crippen molar-refractivity contribution in [3.63, 3.8) is 0 Å². The molecule has 3 saturated heterocycles. The van der Waals surface area contributed by atoms with E-state index in [9.17, 15) is 14.7 Å². The molecule has 11 nitrogen and oxygen atoms in total. The zero-order valence-corrected chi connectivity index (χ0v) is 28.2. The largest absolute Gasteiger partial charge is 0.392 e. The molecule has 3 fully saturated rings. The molecular weight excluding hydrogens is 644 g/mol. The lowest BCUT2D eigenvalue weighted by atomic mass is 9.85. The van der Waals surface area contributed by atoms with Crippen LogP contribution in [-0.4, -0.2) is 69.7 Å². The summed E-state index contributed by atoms with van der Waals surface area (Å²) in [6, 6.07) is 32.9. The summed E-state index contributed by atoms with van der Waals surface area (Å²) in [7, 11) is 0. The lowest BCUT2D eigenvalue weighted by Crippen LogP contribution is -2.57. The van der Waals surface area contributed by atoms with Gasteiger partial charge in [0.1, 0.15) is 11.2 Å². The molecular formula is C40H40N6O5. The van der Waals surface area contributed by atoms with Gasteiger partial charge in [0.15, 0.2) is 6.29 Å². The highest BCUT2D eigenvalue weighted by atomic mass is 16.7. The molecule has 3 unspecified atom stereocenters. The van der Waals surface area contributed by atoms with Gasteiger partial charge in [0, 0.05) is 43.0 Å². The number of aliphatic hydroxyl groups excluding tert-OH is 1. The zero-order valence-electron chi connectivity index (χ0n) is 28.2. The molecule has 0 bridgehead atoms. The molecule has 4 aromatic carbocycles. The number of carbonyl (C=O) groups is 2. The van der Waals surface area contributed by atoms with E-state index in [0.29, 0.717) is 30.8 Å². The molecule has 3 aliphatic heterocycles. The van der Waals surface area contributed by atoms with Gasteiger partial charge in [-0.25, -0.2) is 4.98 Å². The van der Waals surface area contributed by atoms with E-state index in [1.54, 1.807) is 0 Å². The van der Waals surface area contributed by atoms with Gasteiger partial charge >= 0.3 is 0 Å². The van der Waals surface area contributed by atoms with E-state index in [-0.39, 0.29) is 36.3 Å². The quantitative estimate of drug-likeness (QED) is 0.198.